The average molecular weight is 280 g/mol. The standard InChI is InChI=1S/C15H24N2O3/c1-10(2)14(17-12(4)18)15(19)16-11(3)7-8-13-6-5-9-20-13/h5-6,9-11,14H,7-8H2,1-4H3,(H,16,19)(H,17,18). The molecule has 0 aliphatic heterocycles. The Morgan fingerprint density at radius 2 is 1.95 bits per heavy atom. The number of furan rings is 1. The van der Waals surface area contributed by atoms with E-state index in [1.54, 1.807) is 6.26 Å². The summed E-state index contributed by atoms with van der Waals surface area (Å²) < 4.78 is 5.26. The fraction of sp³-hybridized carbons (Fsp3) is 0.600. The van der Waals surface area contributed by atoms with Gasteiger partial charge in [0.1, 0.15) is 11.8 Å². The predicted octanol–water partition coefficient (Wildman–Crippen LogP) is 1.88. The molecule has 2 N–H and O–H groups in total. The van der Waals surface area contributed by atoms with Crippen LogP contribution in [-0.4, -0.2) is 23.9 Å². The maximum absolute atomic E-state index is 12.1. The van der Waals surface area contributed by atoms with Crippen LogP contribution < -0.4 is 10.6 Å². The summed E-state index contributed by atoms with van der Waals surface area (Å²) in [6.45, 7) is 7.19. The Morgan fingerprint density at radius 1 is 1.25 bits per heavy atom. The highest BCUT2D eigenvalue weighted by Gasteiger charge is 2.23. The van der Waals surface area contributed by atoms with Gasteiger partial charge in [0, 0.05) is 19.4 Å². The van der Waals surface area contributed by atoms with E-state index in [0.29, 0.717) is 0 Å². The molecular formula is C15H24N2O3. The van der Waals surface area contributed by atoms with Crippen LogP contribution in [0.25, 0.3) is 0 Å². The van der Waals surface area contributed by atoms with Gasteiger partial charge in [-0.15, -0.1) is 0 Å². The van der Waals surface area contributed by atoms with Crippen LogP contribution in [0.5, 0.6) is 0 Å². The van der Waals surface area contributed by atoms with Gasteiger partial charge in [-0.2, -0.15) is 0 Å². The molecule has 0 aromatic carbocycles. The second-order valence-electron chi connectivity index (χ2n) is 5.45. The lowest BCUT2D eigenvalue weighted by Gasteiger charge is -2.23. The quantitative estimate of drug-likeness (QED) is 0.801. The lowest BCUT2D eigenvalue weighted by Crippen LogP contribution is -2.51. The highest BCUT2D eigenvalue weighted by atomic mass is 16.3. The molecule has 0 aliphatic carbocycles. The van der Waals surface area contributed by atoms with Crippen LogP contribution in [-0.2, 0) is 16.0 Å². The van der Waals surface area contributed by atoms with E-state index in [4.69, 9.17) is 4.42 Å². The molecule has 0 saturated carbocycles. The first-order valence-electron chi connectivity index (χ1n) is 7.00. The molecule has 0 fully saturated rings. The van der Waals surface area contributed by atoms with Gasteiger partial charge in [-0.1, -0.05) is 13.8 Å². The van der Waals surface area contributed by atoms with Gasteiger partial charge in [0.25, 0.3) is 0 Å². The highest BCUT2D eigenvalue weighted by molar-refractivity contribution is 5.87. The van der Waals surface area contributed by atoms with Gasteiger partial charge < -0.3 is 15.1 Å². The Morgan fingerprint density at radius 3 is 2.45 bits per heavy atom. The molecule has 0 bridgehead atoms. The third-order valence-electron chi connectivity index (χ3n) is 3.10. The molecule has 2 unspecified atom stereocenters. The number of hydrogen-bond acceptors (Lipinski definition) is 3. The number of carbonyl (C=O) groups excluding carboxylic acids is 2. The lowest BCUT2D eigenvalue weighted by atomic mass is 10.0. The first-order chi connectivity index (χ1) is 9.40. The Kier molecular flexibility index (Phi) is 6.28. The Hall–Kier alpha value is -1.78. The van der Waals surface area contributed by atoms with Gasteiger partial charge in [-0.3, -0.25) is 9.59 Å². The minimum Gasteiger partial charge on any atom is -0.469 e. The van der Waals surface area contributed by atoms with Gasteiger partial charge in [-0.25, -0.2) is 0 Å². The van der Waals surface area contributed by atoms with Gasteiger partial charge in [0.2, 0.25) is 11.8 Å². The summed E-state index contributed by atoms with van der Waals surface area (Å²) in [5.74, 6) is 0.633. The van der Waals surface area contributed by atoms with Crippen LogP contribution in [0.2, 0.25) is 0 Å². The zero-order chi connectivity index (χ0) is 15.1. The van der Waals surface area contributed by atoms with Gasteiger partial charge in [-0.05, 0) is 31.4 Å². The molecule has 2 atom stereocenters. The van der Waals surface area contributed by atoms with Crippen molar-refractivity contribution in [3.05, 3.63) is 24.2 Å². The summed E-state index contributed by atoms with van der Waals surface area (Å²) in [5, 5.41) is 5.62. The second kappa shape index (κ2) is 7.72. The summed E-state index contributed by atoms with van der Waals surface area (Å²) in [5.41, 5.74) is 0. The van der Waals surface area contributed by atoms with E-state index in [9.17, 15) is 9.59 Å². The van der Waals surface area contributed by atoms with Gasteiger partial charge in [0.15, 0.2) is 0 Å². The van der Waals surface area contributed by atoms with E-state index in [0.717, 1.165) is 18.6 Å². The number of nitrogens with one attached hydrogen (secondary N) is 2. The maximum atomic E-state index is 12.1. The molecule has 1 aromatic heterocycles. The smallest absolute Gasteiger partial charge is 0.243 e. The maximum Gasteiger partial charge on any atom is 0.243 e. The normalized spacial score (nSPS) is 13.8. The van der Waals surface area contributed by atoms with Crippen LogP contribution >= 0.6 is 0 Å². The topological polar surface area (TPSA) is 71.3 Å². The van der Waals surface area contributed by atoms with E-state index in [1.165, 1.54) is 6.92 Å². The zero-order valence-corrected chi connectivity index (χ0v) is 12.6. The average Bonchev–Trinajstić information content (AvgIpc) is 2.85. The second-order valence-corrected chi connectivity index (χ2v) is 5.45. The van der Waals surface area contributed by atoms with Crippen molar-refractivity contribution in [1.82, 2.24) is 10.6 Å². The van der Waals surface area contributed by atoms with Crippen LogP contribution in [0.1, 0.15) is 39.9 Å². The third-order valence-corrected chi connectivity index (χ3v) is 3.10. The van der Waals surface area contributed by atoms with E-state index >= 15 is 0 Å². The first kappa shape index (κ1) is 16.3. The minimum atomic E-state index is -0.487. The lowest BCUT2D eigenvalue weighted by molar-refractivity contribution is -0.129. The largest absolute Gasteiger partial charge is 0.469 e. The summed E-state index contributed by atoms with van der Waals surface area (Å²) in [4.78, 5) is 23.3. The van der Waals surface area contributed by atoms with Gasteiger partial charge >= 0.3 is 0 Å². The van der Waals surface area contributed by atoms with Crippen molar-refractivity contribution in [1.29, 1.82) is 0 Å². The van der Waals surface area contributed by atoms with E-state index < -0.39 is 6.04 Å². The van der Waals surface area contributed by atoms with Crippen LogP contribution in [0, 0.1) is 5.92 Å². The van der Waals surface area contributed by atoms with Crippen molar-refractivity contribution < 1.29 is 14.0 Å². The van der Waals surface area contributed by atoms with E-state index in [1.807, 2.05) is 32.9 Å². The molecule has 5 nitrogen and oxygen atoms in total. The molecule has 5 heteroatoms. The molecular weight excluding hydrogens is 256 g/mol. The number of aryl methyl sites for hydroxylation is 1. The van der Waals surface area contributed by atoms with Gasteiger partial charge in [0.05, 0.1) is 6.26 Å². The molecule has 0 saturated heterocycles. The fourth-order valence-corrected chi connectivity index (χ4v) is 1.97. The van der Waals surface area contributed by atoms with Crippen molar-refractivity contribution in [2.45, 2.75) is 52.6 Å². The molecule has 0 radical (unpaired) electrons. The van der Waals surface area contributed by atoms with Crippen molar-refractivity contribution >= 4 is 11.8 Å². The fourth-order valence-electron chi connectivity index (χ4n) is 1.97. The highest BCUT2D eigenvalue weighted by Crippen LogP contribution is 2.07. The Bertz CT molecular complexity index is 426. The summed E-state index contributed by atoms with van der Waals surface area (Å²) in [6.07, 6.45) is 3.22. The number of hydrogen-bond donors (Lipinski definition) is 2. The third kappa shape index (κ3) is 5.47. The number of carbonyl (C=O) groups is 2. The van der Waals surface area contributed by atoms with Crippen molar-refractivity contribution in [3.8, 4) is 0 Å². The van der Waals surface area contributed by atoms with Crippen molar-refractivity contribution in [2.75, 3.05) is 0 Å². The summed E-state index contributed by atoms with van der Waals surface area (Å²) in [7, 11) is 0. The molecule has 1 aromatic rings. The van der Waals surface area contributed by atoms with E-state index in [2.05, 4.69) is 10.6 Å². The SMILES string of the molecule is CC(=O)NC(C(=O)NC(C)CCc1ccco1)C(C)C. The molecule has 20 heavy (non-hydrogen) atoms. The molecule has 0 aliphatic rings. The van der Waals surface area contributed by atoms with Crippen molar-refractivity contribution in [2.24, 2.45) is 5.92 Å². The molecule has 1 rings (SSSR count). The van der Waals surface area contributed by atoms with Crippen LogP contribution in [0.4, 0.5) is 0 Å². The van der Waals surface area contributed by atoms with Crippen LogP contribution in [0.3, 0.4) is 0 Å². The molecule has 112 valence electrons. The van der Waals surface area contributed by atoms with Crippen molar-refractivity contribution in [3.63, 3.8) is 0 Å². The van der Waals surface area contributed by atoms with E-state index in [-0.39, 0.29) is 23.8 Å². The predicted molar refractivity (Wildman–Crippen MR) is 77.1 cm³/mol. The minimum absolute atomic E-state index is 0.0302. The number of rotatable bonds is 7. The molecule has 0 spiro atoms. The summed E-state index contributed by atoms with van der Waals surface area (Å²) >= 11 is 0. The molecule has 2 amide bonds. The first-order valence-corrected chi connectivity index (χ1v) is 7.00. The monoisotopic (exact) mass is 280 g/mol. The zero-order valence-electron chi connectivity index (χ0n) is 12.6. The molecule has 1 heterocycles. The Balaban J connectivity index is 2.43. The summed E-state index contributed by atoms with van der Waals surface area (Å²) in [6, 6.07) is 3.31. The van der Waals surface area contributed by atoms with Crippen LogP contribution in [0.15, 0.2) is 22.8 Å². The Labute approximate surface area is 120 Å². The number of amides is 2.